The summed E-state index contributed by atoms with van der Waals surface area (Å²) in [5, 5.41) is 4.75. The molecule has 0 spiro atoms. The quantitative estimate of drug-likeness (QED) is 0.744. The van der Waals surface area contributed by atoms with Crippen molar-refractivity contribution < 1.29 is 4.79 Å². The van der Waals surface area contributed by atoms with Gasteiger partial charge in [-0.15, -0.1) is 0 Å². The predicted molar refractivity (Wildman–Crippen MR) is 96.4 cm³/mol. The minimum Gasteiger partial charge on any atom is -0.399 e. The first-order chi connectivity index (χ1) is 11.7. The molecule has 6 nitrogen and oxygen atoms in total. The average molecular weight is 325 g/mol. The third-order valence-electron chi connectivity index (χ3n) is 3.93. The molecule has 1 fully saturated rings. The van der Waals surface area contributed by atoms with E-state index in [1.54, 1.807) is 0 Å². The lowest BCUT2D eigenvalue weighted by atomic mass is 10.0. The molecule has 1 atom stereocenters. The van der Waals surface area contributed by atoms with E-state index in [-0.39, 0.29) is 11.8 Å². The molecule has 1 unspecified atom stereocenters. The second-order valence-electron chi connectivity index (χ2n) is 5.68. The van der Waals surface area contributed by atoms with Gasteiger partial charge in [0.05, 0.1) is 0 Å². The van der Waals surface area contributed by atoms with Gasteiger partial charge in [0.1, 0.15) is 0 Å². The van der Waals surface area contributed by atoms with E-state index in [4.69, 9.17) is 5.73 Å². The lowest BCUT2D eigenvalue weighted by molar-refractivity contribution is -0.123. The zero-order valence-corrected chi connectivity index (χ0v) is 14.0. The SMILES string of the molecule is CC.Nc1ccc(C2=CC=CN3NC(NC(=O)C4CC4)N=C23)cc1. The fourth-order valence-electron chi connectivity index (χ4n) is 2.57. The highest BCUT2D eigenvalue weighted by atomic mass is 16.2. The molecule has 24 heavy (non-hydrogen) atoms. The van der Waals surface area contributed by atoms with Crippen LogP contribution < -0.4 is 16.5 Å². The van der Waals surface area contributed by atoms with Gasteiger partial charge in [-0.2, -0.15) is 5.43 Å². The molecule has 1 saturated carbocycles. The molecule has 4 N–H and O–H groups in total. The van der Waals surface area contributed by atoms with Crippen LogP contribution >= 0.6 is 0 Å². The molecule has 1 aromatic carbocycles. The number of hydrogen-bond donors (Lipinski definition) is 3. The van der Waals surface area contributed by atoms with Crippen molar-refractivity contribution in [2.24, 2.45) is 10.9 Å². The van der Waals surface area contributed by atoms with Gasteiger partial charge in [-0.05, 0) is 42.7 Å². The highest BCUT2D eigenvalue weighted by molar-refractivity contribution is 6.24. The minimum absolute atomic E-state index is 0.0729. The van der Waals surface area contributed by atoms with Crippen LogP contribution in [0.4, 0.5) is 5.69 Å². The van der Waals surface area contributed by atoms with Gasteiger partial charge in [0, 0.05) is 23.4 Å². The van der Waals surface area contributed by atoms with E-state index in [0.29, 0.717) is 0 Å². The summed E-state index contributed by atoms with van der Waals surface area (Å²) in [7, 11) is 0. The zero-order valence-electron chi connectivity index (χ0n) is 14.0. The number of amidine groups is 1. The van der Waals surface area contributed by atoms with Crippen molar-refractivity contribution in [3.05, 3.63) is 48.2 Å². The normalized spacial score (nSPS) is 21.2. The fraction of sp³-hybridized carbons (Fsp3) is 0.333. The van der Waals surface area contributed by atoms with Crippen molar-refractivity contribution in [3.8, 4) is 0 Å². The predicted octanol–water partition coefficient (Wildman–Crippen LogP) is 2.23. The number of hydrogen-bond acceptors (Lipinski definition) is 5. The first kappa shape index (κ1) is 16.3. The van der Waals surface area contributed by atoms with Gasteiger partial charge in [-0.25, -0.2) is 4.99 Å². The van der Waals surface area contributed by atoms with Crippen LogP contribution in [0.2, 0.25) is 0 Å². The van der Waals surface area contributed by atoms with E-state index < -0.39 is 6.29 Å². The van der Waals surface area contributed by atoms with Gasteiger partial charge >= 0.3 is 0 Å². The highest BCUT2D eigenvalue weighted by Gasteiger charge is 2.34. The maximum absolute atomic E-state index is 11.9. The largest absolute Gasteiger partial charge is 0.399 e. The maximum Gasteiger partial charge on any atom is 0.225 e. The average Bonchev–Trinajstić information content (AvgIpc) is 3.37. The maximum atomic E-state index is 11.9. The Kier molecular flexibility index (Phi) is 4.66. The molecular formula is C18H23N5O. The van der Waals surface area contributed by atoms with Crippen LogP contribution in [0.1, 0.15) is 32.3 Å². The molecule has 126 valence electrons. The number of nitrogens with one attached hydrogen (secondary N) is 2. The molecule has 0 bridgehead atoms. The molecule has 2 aliphatic heterocycles. The third kappa shape index (κ3) is 3.33. The van der Waals surface area contributed by atoms with Gasteiger partial charge in [0.2, 0.25) is 5.91 Å². The number of nitrogens with two attached hydrogens (primary N) is 1. The number of anilines is 1. The zero-order chi connectivity index (χ0) is 17.1. The molecule has 4 rings (SSSR count). The third-order valence-corrected chi connectivity index (χ3v) is 3.93. The number of hydrazine groups is 1. The second kappa shape index (κ2) is 6.88. The molecule has 0 radical (unpaired) electrons. The van der Waals surface area contributed by atoms with E-state index in [0.717, 1.165) is 35.5 Å². The van der Waals surface area contributed by atoms with Gasteiger partial charge in [-0.1, -0.05) is 26.0 Å². The van der Waals surface area contributed by atoms with Crippen molar-refractivity contribution >= 4 is 23.0 Å². The van der Waals surface area contributed by atoms with Crippen molar-refractivity contribution in [1.29, 1.82) is 0 Å². The van der Waals surface area contributed by atoms with Crippen LogP contribution in [0.5, 0.6) is 0 Å². The molecule has 1 amide bonds. The Labute approximate surface area is 142 Å². The van der Waals surface area contributed by atoms with Crippen molar-refractivity contribution in [2.75, 3.05) is 5.73 Å². The van der Waals surface area contributed by atoms with E-state index >= 15 is 0 Å². The Morgan fingerprint density at radius 1 is 1.29 bits per heavy atom. The number of carbonyl (C=O) groups is 1. The van der Waals surface area contributed by atoms with Crippen LogP contribution in [0.3, 0.4) is 0 Å². The molecule has 0 saturated heterocycles. The number of fused-ring (bicyclic) bond motifs is 1. The Hall–Kier alpha value is -2.60. The molecule has 2 heterocycles. The first-order valence-corrected chi connectivity index (χ1v) is 8.39. The van der Waals surface area contributed by atoms with Gasteiger partial charge in [0.15, 0.2) is 12.1 Å². The molecule has 0 aromatic heterocycles. The lowest BCUT2D eigenvalue weighted by Gasteiger charge is -2.21. The smallest absolute Gasteiger partial charge is 0.225 e. The minimum atomic E-state index is -0.414. The fourth-order valence-corrected chi connectivity index (χ4v) is 2.57. The van der Waals surface area contributed by atoms with Crippen molar-refractivity contribution in [2.45, 2.75) is 33.0 Å². The number of nitrogen functional groups attached to an aromatic ring is 1. The number of allylic oxidation sites excluding steroid dienone is 2. The van der Waals surface area contributed by atoms with Crippen molar-refractivity contribution in [3.63, 3.8) is 0 Å². The number of nitrogens with zero attached hydrogens (tertiary/aromatic N) is 2. The summed E-state index contributed by atoms with van der Waals surface area (Å²) in [6.45, 7) is 4.00. The summed E-state index contributed by atoms with van der Waals surface area (Å²) in [6, 6.07) is 7.68. The van der Waals surface area contributed by atoms with E-state index in [9.17, 15) is 4.79 Å². The van der Waals surface area contributed by atoms with E-state index in [1.165, 1.54) is 0 Å². The van der Waals surface area contributed by atoms with Crippen LogP contribution in [0.25, 0.3) is 5.57 Å². The van der Waals surface area contributed by atoms with Crippen LogP contribution in [0.15, 0.2) is 47.6 Å². The molecule has 6 heteroatoms. The number of amides is 1. The Bertz CT molecular complexity index is 701. The van der Waals surface area contributed by atoms with E-state index in [1.807, 2.05) is 61.5 Å². The monoisotopic (exact) mass is 325 g/mol. The van der Waals surface area contributed by atoms with Crippen molar-refractivity contribution in [1.82, 2.24) is 15.8 Å². The number of carbonyl (C=O) groups excluding carboxylic acids is 1. The summed E-state index contributed by atoms with van der Waals surface area (Å²) in [4.78, 5) is 16.5. The summed E-state index contributed by atoms with van der Waals surface area (Å²) < 4.78 is 0. The summed E-state index contributed by atoms with van der Waals surface area (Å²) >= 11 is 0. The van der Waals surface area contributed by atoms with Gasteiger partial charge in [-0.3, -0.25) is 9.80 Å². The Morgan fingerprint density at radius 2 is 2.00 bits per heavy atom. The highest BCUT2D eigenvalue weighted by Crippen LogP contribution is 2.29. The summed E-state index contributed by atoms with van der Waals surface area (Å²) in [5.74, 6) is 1.04. The summed E-state index contributed by atoms with van der Waals surface area (Å²) in [5.41, 5.74) is 11.7. The Morgan fingerprint density at radius 3 is 2.67 bits per heavy atom. The number of rotatable bonds is 3. The standard InChI is InChI=1S/C16H17N5O.C2H6/c17-12-7-5-10(6-8-12)13-2-1-9-21-14(13)18-16(20-21)19-15(22)11-3-4-11;1-2/h1-2,5-9,11,16,20H,3-4,17H2,(H,19,22);1-2H3. The molecule has 3 aliphatic rings. The topological polar surface area (TPSA) is 82.8 Å². The van der Waals surface area contributed by atoms with E-state index in [2.05, 4.69) is 15.7 Å². The van der Waals surface area contributed by atoms with Crippen LogP contribution in [0, 0.1) is 5.92 Å². The van der Waals surface area contributed by atoms with Crippen LogP contribution in [-0.4, -0.2) is 23.0 Å². The van der Waals surface area contributed by atoms with Gasteiger partial charge in [0.25, 0.3) is 0 Å². The van der Waals surface area contributed by atoms with Gasteiger partial charge < -0.3 is 11.1 Å². The second-order valence-corrected chi connectivity index (χ2v) is 5.68. The molecular weight excluding hydrogens is 302 g/mol. The molecule has 1 aliphatic carbocycles. The Balaban J connectivity index is 0.000000815. The molecule has 1 aromatic rings. The lowest BCUT2D eigenvalue weighted by Crippen LogP contribution is -2.46. The number of aliphatic imine (C=N–C) groups is 1. The summed E-state index contributed by atoms with van der Waals surface area (Å²) in [6.07, 6.45) is 7.40. The first-order valence-electron chi connectivity index (χ1n) is 8.39. The van der Waals surface area contributed by atoms with Crippen LogP contribution in [-0.2, 0) is 4.79 Å². The number of benzene rings is 1.